The third-order valence-corrected chi connectivity index (χ3v) is 9.61. The number of allylic oxidation sites excluding steroid dienone is 13. The number of nitrogens with one attached hydrogen (secondary N) is 1. The molecule has 6 rings (SSSR count). The highest BCUT2D eigenvalue weighted by atomic mass is 32.2. The van der Waals surface area contributed by atoms with Crippen LogP contribution >= 0.6 is 23.5 Å². The molecule has 1 nitrogen and oxygen atoms in total. The molecule has 0 saturated carbocycles. The smallest absolute Gasteiger partial charge is 0.0337 e. The SMILES string of the molecule is C/C=C(\SC)c1ccc(/C=c2/cccc/c2=C2\C=CC=CC2)cc1.C=C.CNc1ccc(/C2=C/C=C/C=C/C=C\C=C/S2)cc1.Cc1ccccc1. The Morgan fingerprint density at radius 3 is 1.98 bits per heavy atom. The number of rotatable bonds is 5. The van der Waals surface area contributed by atoms with Gasteiger partial charge in [-0.3, -0.25) is 0 Å². The highest BCUT2D eigenvalue weighted by Gasteiger charge is 2.01. The second-order valence-corrected chi connectivity index (χ2v) is 13.1. The van der Waals surface area contributed by atoms with Gasteiger partial charge in [0.15, 0.2) is 0 Å². The van der Waals surface area contributed by atoms with Crippen molar-refractivity contribution < 1.29 is 0 Å². The second kappa shape index (κ2) is 24.8. The third kappa shape index (κ3) is 14.6. The molecule has 264 valence electrons. The van der Waals surface area contributed by atoms with E-state index in [0.717, 1.165) is 12.1 Å². The Hall–Kier alpha value is -5.22. The van der Waals surface area contributed by atoms with Gasteiger partial charge >= 0.3 is 0 Å². The second-order valence-electron chi connectivity index (χ2n) is 11.3. The molecule has 0 spiro atoms. The third-order valence-electron chi connectivity index (χ3n) is 7.77. The molecule has 4 aromatic carbocycles. The van der Waals surface area contributed by atoms with Crippen LogP contribution in [0.25, 0.3) is 21.5 Å². The highest BCUT2D eigenvalue weighted by molar-refractivity contribution is 8.10. The van der Waals surface area contributed by atoms with Crippen molar-refractivity contribution in [2.75, 3.05) is 18.6 Å². The van der Waals surface area contributed by atoms with Gasteiger partial charge in [0.1, 0.15) is 0 Å². The molecule has 0 bridgehead atoms. The van der Waals surface area contributed by atoms with Crippen molar-refractivity contribution in [2.45, 2.75) is 20.3 Å². The van der Waals surface area contributed by atoms with Crippen LogP contribution < -0.4 is 15.8 Å². The minimum absolute atomic E-state index is 0.999. The number of anilines is 1. The molecule has 0 fully saturated rings. The first kappa shape index (κ1) is 41.2. The zero-order valence-electron chi connectivity index (χ0n) is 30.9. The number of thioether (sulfide) groups is 2. The molecule has 1 aliphatic carbocycles. The maximum Gasteiger partial charge on any atom is 0.0337 e. The van der Waals surface area contributed by atoms with Crippen molar-refractivity contribution in [2.24, 2.45) is 0 Å². The van der Waals surface area contributed by atoms with Crippen LogP contribution in [0.3, 0.4) is 0 Å². The largest absolute Gasteiger partial charge is 0.388 e. The van der Waals surface area contributed by atoms with E-state index in [0.29, 0.717) is 0 Å². The van der Waals surface area contributed by atoms with Crippen LogP contribution in [-0.2, 0) is 0 Å². The van der Waals surface area contributed by atoms with Crippen molar-refractivity contribution in [1.82, 2.24) is 0 Å². The first-order valence-corrected chi connectivity index (χ1v) is 19.5. The molecule has 0 amide bonds. The molecule has 1 heterocycles. The van der Waals surface area contributed by atoms with E-state index in [-0.39, 0.29) is 0 Å². The van der Waals surface area contributed by atoms with Crippen molar-refractivity contribution in [3.05, 3.63) is 233 Å². The lowest BCUT2D eigenvalue weighted by atomic mass is 10.0. The molecule has 0 radical (unpaired) electrons. The summed E-state index contributed by atoms with van der Waals surface area (Å²) in [5.41, 5.74) is 7.57. The molecule has 0 unspecified atom stereocenters. The highest BCUT2D eigenvalue weighted by Crippen LogP contribution is 2.29. The van der Waals surface area contributed by atoms with Gasteiger partial charge < -0.3 is 5.32 Å². The zero-order chi connectivity index (χ0) is 37.2. The van der Waals surface area contributed by atoms with Crippen LogP contribution in [0.1, 0.15) is 35.6 Å². The van der Waals surface area contributed by atoms with E-state index >= 15 is 0 Å². The van der Waals surface area contributed by atoms with E-state index in [2.05, 4.69) is 184 Å². The molecule has 0 aromatic heterocycles. The summed E-state index contributed by atoms with van der Waals surface area (Å²) in [5, 5.41) is 7.83. The number of benzene rings is 4. The lowest BCUT2D eigenvalue weighted by Gasteiger charge is -2.05. The first-order chi connectivity index (χ1) is 25.6. The van der Waals surface area contributed by atoms with Gasteiger partial charge in [-0.05, 0) is 88.9 Å². The molecule has 1 N–H and O–H groups in total. The Labute approximate surface area is 321 Å². The van der Waals surface area contributed by atoms with Crippen molar-refractivity contribution in [1.29, 1.82) is 0 Å². The van der Waals surface area contributed by atoms with Gasteiger partial charge in [0.05, 0.1) is 0 Å². The van der Waals surface area contributed by atoms with Gasteiger partial charge in [-0.2, -0.15) is 0 Å². The van der Waals surface area contributed by atoms with Crippen LogP contribution in [0.15, 0.2) is 201 Å². The molecule has 3 heteroatoms. The molecule has 0 atom stereocenters. The van der Waals surface area contributed by atoms with E-state index in [1.807, 2.05) is 55.6 Å². The summed E-state index contributed by atoms with van der Waals surface area (Å²) in [6, 6.07) is 36.2. The van der Waals surface area contributed by atoms with Gasteiger partial charge in [0.25, 0.3) is 0 Å². The average molecular weight is 718 g/mol. The number of aryl methyl sites for hydroxylation is 1. The van der Waals surface area contributed by atoms with E-state index in [9.17, 15) is 0 Å². The summed E-state index contributed by atoms with van der Waals surface area (Å²) >= 11 is 3.51. The summed E-state index contributed by atoms with van der Waals surface area (Å²) in [5.74, 6) is 0. The van der Waals surface area contributed by atoms with E-state index in [1.165, 1.54) is 48.1 Å². The van der Waals surface area contributed by atoms with Crippen molar-refractivity contribution in [3.8, 4) is 0 Å². The van der Waals surface area contributed by atoms with Gasteiger partial charge in [-0.25, -0.2) is 0 Å². The van der Waals surface area contributed by atoms with Crippen molar-refractivity contribution in [3.63, 3.8) is 0 Å². The Bertz CT molecular complexity index is 2020. The van der Waals surface area contributed by atoms with Gasteiger partial charge in [-0.15, -0.1) is 24.9 Å². The van der Waals surface area contributed by atoms with Gasteiger partial charge in [-0.1, -0.05) is 181 Å². The lowest BCUT2D eigenvalue weighted by Crippen LogP contribution is -2.26. The summed E-state index contributed by atoms with van der Waals surface area (Å²) in [6.45, 7) is 10.2. The Balaban J connectivity index is 0.000000231. The van der Waals surface area contributed by atoms with E-state index in [1.54, 1.807) is 23.5 Å². The minimum Gasteiger partial charge on any atom is -0.388 e. The molecule has 4 aromatic rings. The molecule has 0 saturated heterocycles. The lowest BCUT2D eigenvalue weighted by molar-refractivity contribution is 1.35. The maximum absolute atomic E-state index is 3.13. The predicted molar refractivity (Wildman–Crippen MR) is 240 cm³/mol. The number of hydrogen-bond acceptors (Lipinski definition) is 3. The molecular formula is C49H51NS2. The topological polar surface area (TPSA) is 12.0 Å². The fraction of sp³-hybridized carbons (Fsp3) is 0.102. The normalized spacial score (nSPS) is 18.2. The maximum atomic E-state index is 3.13. The molecule has 2 aliphatic rings. The van der Waals surface area contributed by atoms with E-state index < -0.39 is 0 Å². The van der Waals surface area contributed by atoms with Crippen LogP contribution in [0.2, 0.25) is 0 Å². The predicted octanol–water partition coefficient (Wildman–Crippen LogP) is 12.7. The molecule has 52 heavy (non-hydrogen) atoms. The number of hydrogen-bond donors (Lipinski definition) is 1. The zero-order valence-corrected chi connectivity index (χ0v) is 32.5. The van der Waals surface area contributed by atoms with Crippen LogP contribution in [0.5, 0.6) is 0 Å². The van der Waals surface area contributed by atoms with Crippen molar-refractivity contribution >= 4 is 50.7 Å². The standard InChI is InChI=1S/C23H22S.C17H17NS.C7H8.C2H4/c1-3-23(24-2)20-15-13-18(14-16-20)17-21-11-7-8-12-22(21)19-9-5-4-6-10-19;1-18-16-12-10-15(11-13-16)17-9-7-5-3-2-4-6-8-14-19-17;1-7-5-3-2-4-6-7;1-2/h3-9,11-17H,10H2,1-2H3;2-14,18H,1H3;2-6H,1H3;1-2H2/b21-17-,22-19-,23-3-;3-2+,6-4-,7-5+,14-8-,17-9-;;. The Morgan fingerprint density at radius 1 is 0.731 bits per heavy atom. The van der Waals surface area contributed by atoms with Gasteiger partial charge in [0.2, 0.25) is 0 Å². The molecular weight excluding hydrogens is 667 g/mol. The van der Waals surface area contributed by atoms with Crippen LogP contribution in [0, 0.1) is 6.92 Å². The summed E-state index contributed by atoms with van der Waals surface area (Å²) in [7, 11) is 1.93. The van der Waals surface area contributed by atoms with Crippen LogP contribution in [-0.4, -0.2) is 13.3 Å². The monoisotopic (exact) mass is 717 g/mol. The van der Waals surface area contributed by atoms with Gasteiger partial charge in [0, 0.05) is 22.5 Å². The fourth-order valence-corrected chi connectivity index (χ4v) is 6.47. The Morgan fingerprint density at radius 2 is 1.38 bits per heavy atom. The first-order valence-electron chi connectivity index (χ1n) is 17.4. The molecule has 1 aliphatic heterocycles. The van der Waals surface area contributed by atoms with E-state index in [4.69, 9.17) is 0 Å². The fourth-order valence-electron chi connectivity index (χ4n) is 5.11. The summed E-state index contributed by atoms with van der Waals surface area (Å²) < 4.78 is 0. The minimum atomic E-state index is 0.999. The average Bonchev–Trinajstić information content (AvgIpc) is 3.27. The quantitative estimate of drug-likeness (QED) is 0.206. The summed E-state index contributed by atoms with van der Waals surface area (Å²) in [6.07, 6.45) is 32.6. The summed E-state index contributed by atoms with van der Waals surface area (Å²) in [4.78, 5) is 2.55. The van der Waals surface area contributed by atoms with Crippen LogP contribution in [0.4, 0.5) is 5.69 Å². The Kier molecular flexibility index (Phi) is 19.7.